The molecule has 0 unspecified atom stereocenters. The molecule has 0 spiro atoms. The van der Waals surface area contributed by atoms with E-state index in [4.69, 9.17) is 0 Å². The van der Waals surface area contributed by atoms with Gasteiger partial charge in [-0.2, -0.15) is 0 Å². The van der Waals surface area contributed by atoms with E-state index in [0.717, 1.165) is 17.7 Å². The number of hydrogen-bond donors (Lipinski definition) is 0. The van der Waals surface area contributed by atoms with E-state index in [-0.39, 0.29) is 17.0 Å². The van der Waals surface area contributed by atoms with Crippen molar-refractivity contribution in [2.45, 2.75) is 95.6 Å². The lowest BCUT2D eigenvalue weighted by Gasteiger charge is -2.25. The molecule has 140 valence electrons. The normalized spacial score (nSPS) is 22.4. The van der Waals surface area contributed by atoms with Gasteiger partial charge in [-0.3, -0.25) is 9.00 Å². The molecule has 1 aliphatic rings. The quantitative estimate of drug-likeness (QED) is 0.629. The highest BCUT2D eigenvalue weighted by Crippen LogP contribution is 2.39. The average Bonchev–Trinajstić information content (AvgIpc) is 2.93. The van der Waals surface area contributed by atoms with Crippen LogP contribution in [0.5, 0.6) is 0 Å². The first kappa shape index (κ1) is 20.4. The van der Waals surface area contributed by atoms with Gasteiger partial charge < -0.3 is 0 Å². The van der Waals surface area contributed by atoms with Crippen molar-refractivity contribution < 1.29 is 9.00 Å². The van der Waals surface area contributed by atoms with Gasteiger partial charge in [0.25, 0.3) is 0 Å². The van der Waals surface area contributed by atoms with Gasteiger partial charge in [-0.15, -0.1) is 0 Å². The van der Waals surface area contributed by atoms with Crippen LogP contribution in [0.15, 0.2) is 17.0 Å². The summed E-state index contributed by atoms with van der Waals surface area (Å²) in [6.45, 7) is 15.2. The topological polar surface area (TPSA) is 34.1 Å². The number of Topliss-reactive ketones (excluding diaryl/α,β-unsaturated/α-hetero) is 1. The minimum atomic E-state index is -1.25. The summed E-state index contributed by atoms with van der Waals surface area (Å²) in [5, 5.41) is -0.315. The molecule has 2 rings (SSSR count). The van der Waals surface area contributed by atoms with Crippen molar-refractivity contribution in [1.82, 2.24) is 0 Å². The molecule has 0 heterocycles. The van der Waals surface area contributed by atoms with E-state index in [1.54, 1.807) is 0 Å². The van der Waals surface area contributed by atoms with Gasteiger partial charge in [0.2, 0.25) is 0 Å². The van der Waals surface area contributed by atoms with E-state index in [1.165, 1.54) is 16.7 Å². The van der Waals surface area contributed by atoms with Crippen molar-refractivity contribution >= 4 is 16.6 Å². The molecule has 0 aliphatic heterocycles. The molecular formula is C22H34O2S. The first-order chi connectivity index (χ1) is 11.7. The number of carbonyl (C=O) groups excluding carboxylic acids is 1. The van der Waals surface area contributed by atoms with E-state index < -0.39 is 10.8 Å². The first-order valence-electron chi connectivity index (χ1n) is 9.79. The van der Waals surface area contributed by atoms with Crippen molar-refractivity contribution in [3.63, 3.8) is 0 Å². The molecule has 3 heteroatoms. The molecular weight excluding hydrogens is 328 g/mol. The fourth-order valence-corrected chi connectivity index (χ4v) is 6.19. The maximum atomic E-state index is 13.6. The molecule has 0 saturated heterocycles. The average molecular weight is 363 g/mol. The van der Waals surface area contributed by atoms with E-state index in [1.807, 2.05) is 0 Å². The highest BCUT2D eigenvalue weighted by molar-refractivity contribution is 7.86. The van der Waals surface area contributed by atoms with Crippen LogP contribution in [0.3, 0.4) is 0 Å². The van der Waals surface area contributed by atoms with Crippen LogP contribution in [-0.2, 0) is 15.6 Å². The van der Waals surface area contributed by atoms with Gasteiger partial charge in [-0.05, 0) is 46.8 Å². The molecule has 1 aliphatic carbocycles. The van der Waals surface area contributed by atoms with Crippen molar-refractivity contribution in [2.75, 3.05) is 0 Å². The lowest BCUT2D eigenvalue weighted by Crippen LogP contribution is -2.28. The SMILES string of the molecule is CC[C@H]1CCC(=O)[C@@H]1[S@@](=O)c1c(C(C)C)cc(C(C)C)cc1C(C)C. The molecule has 1 saturated carbocycles. The minimum absolute atomic E-state index is 0.197. The Hall–Kier alpha value is -0.960. The zero-order chi connectivity index (χ0) is 18.9. The number of rotatable bonds is 6. The Morgan fingerprint density at radius 3 is 1.92 bits per heavy atom. The Balaban J connectivity index is 2.65. The van der Waals surface area contributed by atoms with Crippen molar-refractivity contribution in [3.05, 3.63) is 28.8 Å². The second-order valence-electron chi connectivity index (χ2n) is 8.38. The van der Waals surface area contributed by atoms with Gasteiger partial charge in [0.1, 0.15) is 11.0 Å². The molecule has 0 N–H and O–H groups in total. The molecule has 0 amide bonds. The number of carbonyl (C=O) groups is 1. The highest BCUT2D eigenvalue weighted by Gasteiger charge is 2.40. The van der Waals surface area contributed by atoms with Gasteiger partial charge in [0, 0.05) is 11.3 Å². The van der Waals surface area contributed by atoms with E-state index >= 15 is 0 Å². The molecule has 1 aromatic carbocycles. The van der Waals surface area contributed by atoms with Gasteiger partial charge >= 0.3 is 0 Å². The number of hydrogen-bond acceptors (Lipinski definition) is 2. The summed E-state index contributed by atoms with van der Waals surface area (Å²) < 4.78 is 13.6. The summed E-state index contributed by atoms with van der Waals surface area (Å²) in [7, 11) is -1.25. The second-order valence-corrected chi connectivity index (χ2v) is 9.89. The van der Waals surface area contributed by atoms with Crippen LogP contribution in [-0.4, -0.2) is 15.2 Å². The van der Waals surface area contributed by atoms with Gasteiger partial charge in [-0.25, -0.2) is 0 Å². The predicted octanol–water partition coefficient (Wildman–Crippen LogP) is 5.92. The third-order valence-corrected chi connectivity index (χ3v) is 7.53. The summed E-state index contributed by atoms with van der Waals surface area (Å²) in [6.07, 6.45) is 2.41. The first-order valence-corrected chi connectivity index (χ1v) is 11.0. The molecule has 1 fully saturated rings. The molecule has 3 atom stereocenters. The molecule has 2 nitrogen and oxygen atoms in total. The number of benzene rings is 1. The minimum Gasteiger partial charge on any atom is -0.298 e. The Morgan fingerprint density at radius 1 is 1.00 bits per heavy atom. The Bertz CT molecular complexity index is 629. The molecule has 0 aromatic heterocycles. The van der Waals surface area contributed by atoms with Crippen LogP contribution >= 0.6 is 0 Å². The van der Waals surface area contributed by atoms with E-state index in [0.29, 0.717) is 24.2 Å². The van der Waals surface area contributed by atoms with Crippen molar-refractivity contribution in [2.24, 2.45) is 5.92 Å². The van der Waals surface area contributed by atoms with Gasteiger partial charge in [0.15, 0.2) is 0 Å². The summed E-state index contributed by atoms with van der Waals surface area (Å²) >= 11 is 0. The largest absolute Gasteiger partial charge is 0.298 e. The third-order valence-electron chi connectivity index (χ3n) is 5.54. The molecule has 25 heavy (non-hydrogen) atoms. The maximum Gasteiger partial charge on any atom is 0.149 e. The van der Waals surface area contributed by atoms with Crippen LogP contribution in [0.4, 0.5) is 0 Å². The monoisotopic (exact) mass is 362 g/mol. The second kappa shape index (κ2) is 8.16. The molecule has 0 bridgehead atoms. The van der Waals surface area contributed by atoms with E-state index in [9.17, 15) is 9.00 Å². The predicted molar refractivity (Wildman–Crippen MR) is 107 cm³/mol. The van der Waals surface area contributed by atoms with Crippen LogP contribution < -0.4 is 0 Å². The lowest BCUT2D eigenvalue weighted by atomic mass is 9.89. The summed E-state index contributed by atoms with van der Waals surface area (Å²) in [5.41, 5.74) is 3.64. The lowest BCUT2D eigenvalue weighted by molar-refractivity contribution is -0.117. The Labute approximate surface area is 156 Å². The number of ketones is 1. The standard InChI is InChI=1S/C22H34O2S/c1-8-16-9-10-20(23)21(16)25(24)22-18(14(4)5)11-17(13(2)3)12-19(22)15(6)7/h11-16,21H,8-10H2,1-7H3/t16-,21+,25+/m0/s1. The third kappa shape index (κ3) is 4.07. The van der Waals surface area contributed by atoms with E-state index in [2.05, 4.69) is 60.6 Å². The zero-order valence-corrected chi connectivity index (χ0v) is 17.7. The van der Waals surface area contributed by atoms with Crippen molar-refractivity contribution in [3.8, 4) is 0 Å². The maximum absolute atomic E-state index is 13.6. The van der Waals surface area contributed by atoms with Crippen LogP contribution in [0.25, 0.3) is 0 Å². The molecule has 0 radical (unpaired) electrons. The highest BCUT2D eigenvalue weighted by atomic mass is 32.2. The summed E-state index contributed by atoms with van der Waals surface area (Å²) in [4.78, 5) is 13.5. The van der Waals surface area contributed by atoms with Crippen molar-refractivity contribution in [1.29, 1.82) is 0 Å². The Morgan fingerprint density at radius 2 is 1.52 bits per heavy atom. The van der Waals surface area contributed by atoms with Gasteiger partial charge in [-0.1, -0.05) is 67.0 Å². The summed E-state index contributed by atoms with van der Waals surface area (Å²) in [6, 6.07) is 4.46. The smallest absolute Gasteiger partial charge is 0.149 e. The Kier molecular flexibility index (Phi) is 6.64. The zero-order valence-electron chi connectivity index (χ0n) is 16.9. The van der Waals surface area contributed by atoms with Gasteiger partial charge in [0.05, 0.1) is 10.8 Å². The van der Waals surface area contributed by atoms with Crippen LogP contribution in [0.1, 0.15) is 102 Å². The molecule has 1 aromatic rings. The fourth-order valence-electron chi connectivity index (χ4n) is 3.85. The van der Waals surface area contributed by atoms with Crippen LogP contribution in [0.2, 0.25) is 0 Å². The van der Waals surface area contributed by atoms with Crippen LogP contribution in [0, 0.1) is 5.92 Å². The fraction of sp³-hybridized carbons (Fsp3) is 0.682. The summed E-state index contributed by atoms with van der Waals surface area (Å²) in [5.74, 6) is 1.49.